The van der Waals surface area contributed by atoms with Crippen molar-refractivity contribution in [3.05, 3.63) is 11.6 Å². The van der Waals surface area contributed by atoms with Crippen LogP contribution in [0, 0.1) is 5.92 Å². The largest absolute Gasteiger partial charge is 0.317 e. The van der Waals surface area contributed by atoms with E-state index in [-0.39, 0.29) is 12.3 Å². The Hall–Kier alpha value is -0.950. The van der Waals surface area contributed by atoms with E-state index in [2.05, 4.69) is 14.9 Å². The molecule has 0 aromatic carbocycles. The summed E-state index contributed by atoms with van der Waals surface area (Å²) in [6, 6.07) is 0. The predicted molar refractivity (Wildman–Crippen MR) is 89.4 cm³/mol. The van der Waals surface area contributed by atoms with Gasteiger partial charge in [0.1, 0.15) is 11.6 Å². The molecule has 0 radical (unpaired) electrons. The molecule has 2 aliphatic carbocycles. The Labute approximate surface area is 139 Å². The maximum absolute atomic E-state index is 12.1. The van der Waals surface area contributed by atoms with Crippen LogP contribution in [-0.4, -0.2) is 28.9 Å². The normalized spacial score (nSPS) is 20.0. The summed E-state index contributed by atoms with van der Waals surface area (Å²) >= 11 is 0. The number of sulfonamides is 1. The Bertz CT molecular complexity index is 616. The zero-order valence-electron chi connectivity index (χ0n) is 14.0. The highest BCUT2D eigenvalue weighted by Gasteiger charge is 2.29. The molecule has 2 saturated carbocycles. The monoisotopic (exact) mass is 340 g/mol. The highest BCUT2D eigenvalue weighted by atomic mass is 32.2. The molecule has 0 spiro atoms. The summed E-state index contributed by atoms with van der Waals surface area (Å²) < 4.78 is 28.9. The van der Waals surface area contributed by atoms with Crippen LogP contribution < -0.4 is 4.72 Å². The average Bonchev–Trinajstić information content (AvgIpc) is 3.30. The van der Waals surface area contributed by atoms with Gasteiger partial charge in [0.15, 0.2) is 0 Å². The third-order valence-electron chi connectivity index (χ3n) is 5.14. The second kappa shape index (κ2) is 7.30. The molecule has 0 amide bonds. The maximum Gasteiger partial charge on any atom is 0.212 e. The quantitative estimate of drug-likeness (QED) is 0.789. The fourth-order valence-corrected chi connectivity index (χ4v) is 4.55. The molecule has 2 fully saturated rings. The van der Waals surface area contributed by atoms with Crippen molar-refractivity contribution < 1.29 is 8.42 Å². The van der Waals surface area contributed by atoms with E-state index in [0.29, 0.717) is 11.7 Å². The molecular weight excluding hydrogens is 312 g/mol. The van der Waals surface area contributed by atoms with Gasteiger partial charge in [-0.25, -0.2) is 13.1 Å². The van der Waals surface area contributed by atoms with Crippen LogP contribution in [0.2, 0.25) is 0 Å². The number of nitrogens with zero attached hydrogens (tertiary/aromatic N) is 3. The fraction of sp³-hybridized carbons (Fsp3) is 0.875. The van der Waals surface area contributed by atoms with Crippen molar-refractivity contribution in [1.82, 2.24) is 19.5 Å². The Morgan fingerprint density at radius 1 is 1.13 bits per heavy atom. The Kier molecular flexibility index (Phi) is 5.36. The van der Waals surface area contributed by atoms with E-state index in [1.807, 2.05) is 11.6 Å². The van der Waals surface area contributed by atoms with Gasteiger partial charge in [-0.15, -0.1) is 10.2 Å². The van der Waals surface area contributed by atoms with Crippen molar-refractivity contribution in [3.63, 3.8) is 0 Å². The molecule has 0 atom stereocenters. The van der Waals surface area contributed by atoms with E-state index in [1.54, 1.807) is 0 Å². The summed E-state index contributed by atoms with van der Waals surface area (Å²) in [6.07, 6.45) is 10.6. The first kappa shape index (κ1) is 16.9. The van der Waals surface area contributed by atoms with Crippen molar-refractivity contribution in [2.24, 2.45) is 13.0 Å². The van der Waals surface area contributed by atoms with Crippen molar-refractivity contribution in [2.45, 2.75) is 70.3 Å². The van der Waals surface area contributed by atoms with Gasteiger partial charge in [0, 0.05) is 13.0 Å². The zero-order valence-corrected chi connectivity index (χ0v) is 14.8. The number of nitrogens with one attached hydrogen (secondary N) is 1. The van der Waals surface area contributed by atoms with Crippen LogP contribution in [0.3, 0.4) is 0 Å². The zero-order chi connectivity index (χ0) is 16.3. The molecular formula is C16H28N4O2S. The fourth-order valence-electron chi connectivity index (χ4n) is 3.51. The van der Waals surface area contributed by atoms with Gasteiger partial charge in [-0.3, -0.25) is 0 Å². The van der Waals surface area contributed by atoms with Crippen LogP contribution in [0.5, 0.6) is 0 Å². The lowest BCUT2D eigenvalue weighted by molar-refractivity contribution is 0.336. The van der Waals surface area contributed by atoms with E-state index in [9.17, 15) is 8.42 Å². The first-order chi connectivity index (χ1) is 11.1. The van der Waals surface area contributed by atoms with Crippen LogP contribution in [0.25, 0.3) is 0 Å². The third-order valence-corrected chi connectivity index (χ3v) is 6.55. The van der Waals surface area contributed by atoms with Crippen LogP contribution in [0.4, 0.5) is 0 Å². The van der Waals surface area contributed by atoms with Gasteiger partial charge in [-0.2, -0.15) is 0 Å². The first-order valence-electron chi connectivity index (χ1n) is 8.90. The standard InChI is InChI=1S/C16H28N4O2S/c1-20-15(18-19-16(20)14-9-10-14)12-17-23(21,22)11-5-8-13-6-3-2-4-7-13/h13-14,17H,2-12H2,1H3. The number of hydrogen-bond acceptors (Lipinski definition) is 4. The summed E-state index contributed by atoms with van der Waals surface area (Å²) in [4.78, 5) is 0. The van der Waals surface area contributed by atoms with Gasteiger partial charge in [-0.05, 0) is 31.6 Å². The molecule has 0 aliphatic heterocycles. The predicted octanol–water partition coefficient (Wildman–Crippen LogP) is 2.47. The molecule has 1 heterocycles. The van der Waals surface area contributed by atoms with E-state index in [0.717, 1.165) is 24.6 Å². The highest BCUT2D eigenvalue weighted by molar-refractivity contribution is 7.89. The van der Waals surface area contributed by atoms with Crippen LogP contribution in [0.15, 0.2) is 0 Å². The van der Waals surface area contributed by atoms with Gasteiger partial charge < -0.3 is 4.57 Å². The Balaban J connectivity index is 1.43. The molecule has 23 heavy (non-hydrogen) atoms. The van der Waals surface area contributed by atoms with Crippen molar-refractivity contribution in [3.8, 4) is 0 Å². The number of rotatable bonds is 8. The molecule has 0 bridgehead atoms. The second-order valence-corrected chi connectivity index (χ2v) is 9.02. The van der Waals surface area contributed by atoms with Gasteiger partial charge >= 0.3 is 0 Å². The minimum absolute atomic E-state index is 0.219. The molecule has 0 saturated heterocycles. The minimum Gasteiger partial charge on any atom is -0.317 e. The summed E-state index contributed by atoms with van der Waals surface area (Å²) in [5.74, 6) is 3.16. The summed E-state index contributed by atoms with van der Waals surface area (Å²) in [7, 11) is -1.31. The SMILES string of the molecule is Cn1c(CNS(=O)(=O)CCCC2CCCCC2)nnc1C1CC1. The molecule has 130 valence electrons. The molecule has 6 nitrogen and oxygen atoms in total. The molecule has 1 aromatic rings. The first-order valence-corrected chi connectivity index (χ1v) is 10.6. The lowest BCUT2D eigenvalue weighted by Crippen LogP contribution is -2.27. The van der Waals surface area contributed by atoms with E-state index in [4.69, 9.17) is 0 Å². The lowest BCUT2D eigenvalue weighted by Gasteiger charge is -2.21. The minimum atomic E-state index is -3.22. The second-order valence-electron chi connectivity index (χ2n) is 7.09. The summed E-state index contributed by atoms with van der Waals surface area (Å²) in [5, 5.41) is 8.30. The van der Waals surface area contributed by atoms with Gasteiger partial charge in [0.2, 0.25) is 10.0 Å². The molecule has 0 unspecified atom stereocenters. The van der Waals surface area contributed by atoms with Gasteiger partial charge in [0.25, 0.3) is 0 Å². The Morgan fingerprint density at radius 2 is 1.87 bits per heavy atom. The van der Waals surface area contributed by atoms with E-state index in [1.165, 1.54) is 44.9 Å². The van der Waals surface area contributed by atoms with Crippen molar-refractivity contribution in [2.75, 3.05) is 5.75 Å². The lowest BCUT2D eigenvalue weighted by atomic mass is 9.86. The smallest absolute Gasteiger partial charge is 0.212 e. The van der Waals surface area contributed by atoms with E-state index >= 15 is 0 Å². The van der Waals surface area contributed by atoms with Gasteiger partial charge in [-0.1, -0.05) is 32.1 Å². The maximum atomic E-state index is 12.1. The Morgan fingerprint density at radius 3 is 2.57 bits per heavy atom. The third kappa shape index (κ3) is 4.76. The van der Waals surface area contributed by atoms with Crippen LogP contribution in [0.1, 0.15) is 75.4 Å². The van der Waals surface area contributed by atoms with Crippen LogP contribution in [-0.2, 0) is 23.6 Å². The number of aromatic nitrogens is 3. The van der Waals surface area contributed by atoms with E-state index < -0.39 is 10.0 Å². The summed E-state index contributed by atoms with van der Waals surface area (Å²) in [6.45, 7) is 0.238. The van der Waals surface area contributed by atoms with Gasteiger partial charge in [0.05, 0.1) is 12.3 Å². The molecule has 1 N–H and O–H groups in total. The average molecular weight is 340 g/mol. The molecule has 3 rings (SSSR count). The molecule has 1 aromatic heterocycles. The number of hydrogen-bond donors (Lipinski definition) is 1. The van der Waals surface area contributed by atoms with Crippen molar-refractivity contribution >= 4 is 10.0 Å². The topological polar surface area (TPSA) is 76.9 Å². The highest BCUT2D eigenvalue weighted by Crippen LogP contribution is 2.38. The van der Waals surface area contributed by atoms with Crippen molar-refractivity contribution in [1.29, 1.82) is 0 Å². The summed E-state index contributed by atoms with van der Waals surface area (Å²) in [5.41, 5.74) is 0. The molecule has 7 heteroatoms. The van der Waals surface area contributed by atoms with Crippen LogP contribution >= 0.6 is 0 Å². The molecule has 2 aliphatic rings.